The van der Waals surface area contributed by atoms with Crippen LogP contribution >= 0.6 is 11.8 Å². The Balaban J connectivity index is 1.76. The van der Waals surface area contributed by atoms with E-state index >= 15 is 0 Å². The van der Waals surface area contributed by atoms with E-state index in [-0.39, 0.29) is 5.82 Å². The van der Waals surface area contributed by atoms with Crippen LogP contribution in [0.5, 0.6) is 5.75 Å². The molecule has 0 heterocycles. The molecule has 0 spiro atoms. The molecule has 0 atom stereocenters. The standard InChI is InChI=1S/C17H20FNOS/c1-12-8-13(2)10-15(9-12)20-6-3-7-21-17-11-14(18)4-5-16(17)19/h4-5,8-11H,3,6-7,19H2,1-2H3. The molecule has 2 aromatic rings. The lowest BCUT2D eigenvalue weighted by Gasteiger charge is -2.09. The van der Waals surface area contributed by atoms with E-state index < -0.39 is 0 Å². The second kappa shape index (κ2) is 7.36. The number of hydrogen-bond donors (Lipinski definition) is 1. The van der Waals surface area contributed by atoms with Gasteiger partial charge in [0, 0.05) is 16.3 Å². The number of hydrogen-bond acceptors (Lipinski definition) is 3. The number of thioether (sulfide) groups is 1. The average molecular weight is 305 g/mol. The summed E-state index contributed by atoms with van der Waals surface area (Å²) in [5.74, 6) is 1.50. The number of anilines is 1. The van der Waals surface area contributed by atoms with E-state index in [1.807, 2.05) is 12.1 Å². The second-order valence-electron chi connectivity index (χ2n) is 5.06. The van der Waals surface area contributed by atoms with E-state index in [2.05, 4.69) is 19.9 Å². The summed E-state index contributed by atoms with van der Waals surface area (Å²) in [5, 5.41) is 0. The Morgan fingerprint density at radius 1 is 1.10 bits per heavy atom. The number of ether oxygens (including phenoxy) is 1. The molecule has 0 unspecified atom stereocenters. The number of nitrogen functional groups attached to an aromatic ring is 1. The van der Waals surface area contributed by atoms with Crippen LogP contribution in [0.4, 0.5) is 10.1 Å². The minimum Gasteiger partial charge on any atom is -0.494 e. The fourth-order valence-corrected chi connectivity index (χ4v) is 2.99. The molecule has 0 amide bonds. The average Bonchev–Trinajstić information content (AvgIpc) is 2.41. The summed E-state index contributed by atoms with van der Waals surface area (Å²) in [5.41, 5.74) is 8.83. The van der Waals surface area contributed by atoms with Crippen LogP contribution in [0.3, 0.4) is 0 Å². The Kier molecular flexibility index (Phi) is 5.51. The Labute approximate surface area is 129 Å². The van der Waals surface area contributed by atoms with Crippen molar-refractivity contribution in [2.45, 2.75) is 25.2 Å². The maximum atomic E-state index is 13.1. The lowest BCUT2D eigenvalue weighted by molar-refractivity contribution is 0.318. The summed E-state index contributed by atoms with van der Waals surface area (Å²) >= 11 is 1.56. The Bertz CT molecular complexity index is 595. The summed E-state index contributed by atoms with van der Waals surface area (Å²) in [6.07, 6.45) is 0.883. The first kappa shape index (κ1) is 15.7. The Hall–Kier alpha value is -1.68. The van der Waals surface area contributed by atoms with Gasteiger partial charge in [0.1, 0.15) is 11.6 Å². The third-order valence-electron chi connectivity index (χ3n) is 2.99. The number of nitrogens with two attached hydrogens (primary N) is 1. The molecule has 0 saturated carbocycles. The maximum absolute atomic E-state index is 13.1. The van der Waals surface area contributed by atoms with E-state index in [1.54, 1.807) is 17.8 Å². The van der Waals surface area contributed by atoms with Crippen molar-refractivity contribution in [2.75, 3.05) is 18.1 Å². The first-order chi connectivity index (χ1) is 10.0. The van der Waals surface area contributed by atoms with Gasteiger partial charge in [0.05, 0.1) is 6.61 Å². The van der Waals surface area contributed by atoms with Gasteiger partial charge in [-0.15, -0.1) is 11.8 Å². The first-order valence-electron chi connectivity index (χ1n) is 6.93. The fraction of sp³-hybridized carbons (Fsp3) is 0.294. The molecule has 4 heteroatoms. The van der Waals surface area contributed by atoms with Crippen LogP contribution in [-0.2, 0) is 0 Å². The highest BCUT2D eigenvalue weighted by Gasteiger charge is 2.02. The van der Waals surface area contributed by atoms with Crippen molar-refractivity contribution in [3.63, 3.8) is 0 Å². The van der Waals surface area contributed by atoms with Gasteiger partial charge >= 0.3 is 0 Å². The molecule has 0 aliphatic carbocycles. The molecular weight excluding hydrogens is 285 g/mol. The highest BCUT2D eigenvalue weighted by Crippen LogP contribution is 2.26. The predicted molar refractivity (Wildman–Crippen MR) is 87.6 cm³/mol. The molecular formula is C17H20FNOS. The predicted octanol–water partition coefficient (Wildman–Crippen LogP) is 4.59. The minimum atomic E-state index is -0.252. The van der Waals surface area contributed by atoms with Crippen LogP contribution in [0.15, 0.2) is 41.3 Å². The second-order valence-corrected chi connectivity index (χ2v) is 6.19. The smallest absolute Gasteiger partial charge is 0.124 e. The molecule has 2 aromatic carbocycles. The van der Waals surface area contributed by atoms with Crippen molar-refractivity contribution in [2.24, 2.45) is 0 Å². The highest BCUT2D eigenvalue weighted by molar-refractivity contribution is 7.99. The SMILES string of the molecule is Cc1cc(C)cc(OCCCSc2cc(F)ccc2N)c1. The number of halogens is 1. The van der Waals surface area contributed by atoms with Gasteiger partial charge in [-0.3, -0.25) is 0 Å². The highest BCUT2D eigenvalue weighted by atomic mass is 32.2. The van der Waals surface area contributed by atoms with Gasteiger partial charge in [0.15, 0.2) is 0 Å². The third kappa shape index (κ3) is 4.97. The number of rotatable bonds is 6. The molecule has 0 saturated heterocycles. The van der Waals surface area contributed by atoms with E-state index in [1.165, 1.54) is 23.3 Å². The molecule has 0 aliphatic rings. The zero-order valence-corrected chi connectivity index (χ0v) is 13.2. The normalized spacial score (nSPS) is 10.6. The summed E-state index contributed by atoms with van der Waals surface area (Å²) in [7, 11) is 0. The van der Waals surface area contributed by atoms with Crippen LogP contribution in [0, 0.1) is 19.7 Å². The van der Waals surface area contributed by atoms with Crippen LogP contribution < -0.4 is 10.5 Å². The van der Waals surface area contributed by atoms with E-state index in [0.717, 1.165) is 22.8 Å². The molecule has 112 valence electrons. The van der Waals surface area contributed by atoms with Crippen LogP contribution in [-0.4, -0.2) is 12.4 Å². The van der Waals surface area contributed by atoms with Crippen molar-refractivity contribution in [1.82, 2.24) is 0 Å². The topological polar surface area (TPSA) is 35.2 Å². The van der Waals surface area contributed by atoms with Crippen LogP contribution in [0.1, 0.15) is 17.5 Å². The van der Waals surface area contributed by atoms with Gasteiger partial charge in [-0.2, -0.15) is 0 Å². The van der Waals surface area contributed by atoms with E-state index in [0.29, 0.717) is 12.3 Å². The molecule has 21 heavy (non-hydrogen) atoms. The van der Waals surface area contributed by atoms with Gasteiger partial charge in [0.2, 0.25) is 0 Å². The summed E-state index contributed by atoms with van der Waals surface area (Å²) < 4.78 is 18.9. The molecule has 0 aliphatic heterocycles. The first-order valence-corrected chi connectivity index (χ1v) is 7.92. The molecule has 0 fully saturated rings. The molecule has 0 aromatic heterocycles. The summed E-state index contributed by atoms with van der Waals surface area (Å²) in [6.45, 7) is 4.76. The molecule has 2 rings (SSSR count). The van der Waals surface area contributed by atoms with Crippen molar-refractivity contribution >= 4 is 17.4 Å². The van der Waals surface area contributed by atoms with Gasteiger partial charge < -0.3 is 10.5 Å². The summed E-state index contributed by atoms with van der Waals surface area (Å²) in [6, 6.07) is 10.6. The van der Waals surface area contributed by atoms with E-state index in [4.69, 9.17) is 10.5 Å². The van der Waals surface area contributed by atoms with Crippen molar-refractivity contribution in [1.29, 1.82) is 0 Å². The molecule has 0 bridgehead atoms. The number of benzene rings is 2. The third-order valence-corrected chi connectivity index (χ3v) is 4.14. The molecule has 2 nitrogen and oxygen atoms in total. The number of aryl methyl sites for hydroxylation is 2. The largest absolute Gasteiger partial charge is 0.494 e. The van der Waals surface area contributed by atoms with Gasteiger partial charge in [-0.25, -0.2) is 4.39 Å². The van der Waals surface area contributed by atoms with Gasteiger partial charge in [0.25, 0.3) is 0 Å². The van der Waals surface area contributed by atoms with Crippen LogP contribution in [0.2, 0.25) is 0 Å². The monoisotopic (exact) mass is 305 g/mol. The quantitative estimate of drug-likeness (QED) is 0.482. The van der Waals surface area contributed by atoms with Crippen molar-refractivity contribution in [3.05, 3.63) is 53.3 Å². The zero-order chi connectivity index (χ0) is 15.2. The Morgan fingerprint density at radius 2 is 1.81 bits per heavy atom. The molecule has 2 N–H and O–H groups in total. The lowest BCUT2D eigenvalue weighted by Crippen LogP contribution is -1.99. The zero-order valence-electron chi connectivity index (χ0n) is 12.4. The van der Waals surface area contributed by atoms with Crippen LogP contribution in [0.25, 0.3) is 0 Å². The van der Waals surface area contributed by atoms with E-state index in [9.17, 15) is 4.39 Å². The van der Waals surface area contributed by atoms with Crippen molar-refractivity contribution < 1.29 is 9.13 Å². The van der Waals surface area contributed by atoms with Gasteiger partial charge in [-0.05, 0) is 61.7 Å². The lowest BCUT2D eigenvalue weighted by atomic mass is 10.1. The van der Waals surface area contributed by atoms with Crippen molar-refractivity contribution in [3.8, 4) is 5.75 Å². The Morgan fingerprint density at radius 3 is 2.52 bits per heavy atom. The minimum absolute atomic E-state index is 0.252. The fourth-order valence-electron chi connectivity index (χ4n) is 2.08. The molecule has 0 radical (unpaired) electrons. The summed E-state index contributed by atoms with van der Waals surface area (Å²) in [4.78, 5) is 0.793. The maximum Gasteiger partial charge on any atom is 0.124 e. The van der Waals surface area contributed by atoms with Gasteiger partial charge in [-0.1, -0.05) is 6.07 Å².